The zero-order valence-electron chi connectivity index (χ0n) is 13.4. The van der Waals surface area contributed by atoms with E-state index >= 15 is 0 Å². The van der Waals surface area contributed by atoms with Crippen LogP contribution in [0.1, 0.15) is 65.2 Å². The number of carbonyl (C=O) groups excluding carboxylic acids is 1. The van der Waals surface area contributed by atoms with Crippen LogP contribution in [0, 0.1) is 11.8 Å². The number of hydrogen-bond acceptors (Lipinski definition) is 2. The van der Waals surface area contributed by atoms with Gasteiger partial charge in [0.15, 0.2) is 0 Å². The quantitative estimate of drug-likeness (QED) is 0.703. The lowest BCUT2D eigenvalue weighted by Gasteiger charge is -2.30. The molecule has 0 bridgehead atoms. The second kappa shape index (κ2) is 8.02. The first-order chi connectivity index (χ1) is 9.74. The van der Waals surface area contributed by atoms with Crippen LogP contribution in [-0.2, 0) is 4.79 Å². The maximum atomic E-state index is 12.9. The van der Waals surface area contributed by atoms with Crippen LogP contribution in [0.5, 0.6) is 0 Å². The Labute approximate surface area is 124 Å². The lowest BCUT2D eigenvalue weighted by Crippen LogP contribution is -2.44. The van der Waals surface area contributed by atoms with Crippen LogP contribution < -0.4 is 5.32 Å². The molecule has 20 heavy (non-hydrogen) atoms. The van der Waals surface area contributed by atoms with Crippen LogP contribution in [0.2, 0.25) is 0 Å². The molecular weight excluding hydrogens is 248 g/mol. The second-order valence-corrected chi connectivity index (χ2v) is 6.75. The van der Waals surface area contributed by atoms with Crippen molar-refractivity contribution in [2.24, 2.45) is 11.8 Å². The molecule has 1 N–H and O–H groups in total. The Hall–Kier alpha value is -0.570. The predicted octanol–water partition coefficient (Wildman–Crippen LogP) is 3.19. The van der Waals surface area contributed by atoms with Crippen molar-refractivity contribution in [3.63, 3.8) is 0 Å². The van der Waals surface area contributed by atoms with Crippen molar-refractivity contribution in [2.75, 3.05) is 19.6 Å². The van der Waals surface area contributed by atoms with E-state index in [9.17, 15) is 4.79 Å². The molecule has 1 unspecified atom stereocenters. The zero-order valence-corrected chi connectivity index (χ0v) is 13.4. The third-order valence-electron chi connectivity index (χ3n) is 4.71. The largest absolute Gasteiger partial charge is 0.341 e. The average Bonchev–Trinajstić information content (AvgIpc) is 3.11. The summed E-state index contributed by atoms with van der Waals surface area (Å²) in [5, 5.41) is 3.54. The van der Waals surface area contributed by atoms with Crippen molar-refractivity contribution < 1.29 is 4.79 Å². The van der Waals surface area contributed by atoms with Crippen LogP contribution in [0.4, 0.5) is 0 Å². The average molecular weight is 280 g/mol. The lowest BCUT2D eigenvalue weighted by molar-refractivity contribution is -0.136. The van der Waals surface area contributed by atoms with Crippen molar-refractivity contribution in [2.45, 2.75) is 71.3 Å². The molecule has 3 heteroatoms. The highest BCUT2D eigenvalue weighted by atomic mass is 16.2. The minimum Gasteiger partial charge on any atom is -0.341 e. The highest BCUT2D eigenvalue weighted by Crippen LogP contribution is 2.31. The molecule has 1 amide bonds. The van der Waals surface area contributed by atoms with Crippen molar-refractivity contribution in [3.05, 3.63) is 0 Å². The molecule has 0 aromatic heterocycles. The number of amides is 1. The van der Waals surface area contributed by atoms with Gasteiger partial charge in [-0.15, -0.1) is 0 Å². The fourth-order valence-electron chi connectivity index (χ4n) is 3.39. The summed E-state index contributed by atoms with van der Waals surface area (Å²) in [5.41, 5.74) is 0. The van der Waals surface area contributed by atoms with Gasteiger partial charge in [-0.1, -0.05) is 26.7 Å². The summed E-state index contributed by atoms with van der Waals surface area (Å²) in [6.45, 7) is 7.48. The van der Waals surface area contributed by atoms with E-state index < -0.39 is 0 Å². The monoisotopic (exact) mass is 280 g/mol. The van der Waals surface area contributed by atoms with Crippen molar-refractivity contribution in [3.8, 4) is 0 Å². The van der Waals surface area contributed by atoms with Crippen molar-refractivity contribution in [1.82, 2.24) is 10.2 Å². The van der Waals surface area contributed by atoms with E-state index in [4.69, 9.17) is 0 Å². The molecule has 3 nitrogen and oxygen atoms in total. The smallest absolute Gasteiger partial charge is 0.225 e. The first-order valence-electron chi connectivity index (χ1n) is 8.76. The topological polar surface area (TPSA) is 32.3 Å². The van der Waals surface area contributed by atoms with Crippen molar-refractivity contribution in [1.29, 1.82) is 0 Å². The minimum atomic E-state index is 0.269. The van der Waals surface area contributed by atoms with E-state index in [0.29, 0.717) is 11.9 Å². The first kappa shape index (κ1) is 15.8. The Morgan fingerprint density at radius 3 is 2.35 bits per heavy atom. The number of carbonyl (C=O) groups is 1. The summed E-state index contributed by atoms with van der Waals surface area (Å²) in [6.07, 6.45) is 9.52. The van der Waals surface area contributed by atoms with E-state index in [1.807, 2.05) is 0 Å². The van der Waals surface area contributed by atoms with Crippen LogP contribution >= 0.6 is 0 Å². The summed E-state index contributed by atoms with van der Waals surface area (Å²) in [7, 11) is 0. The van der Waals surface area contributed by atoms with Gasteiger partial charge in [-0.3, -0.25) is 4.79 Å². The molecule has 0 aromatic rings. The summed E-state index contributed by atoms with van der Waals surface area (Å²) in [5.74, 6) is 1.50. The molecule has 2 fully saturated rings. The maximum absolute atomic E-state index is 12.9. The fourth-order valence-corrected chi connectivity index (χ4v) is 3.39. The van der Waals surface area contributed by atoms with Gasteiger partial charge in [0.1, 0.15) is 0 Å². The molecule has 1 aliphatic heterocycles. The van der Waals surface area contributed by atoms with Gasteiger partial charge in [-0.25, -0.2) is 0 Å². The standard InChI is InChI=1S/C17H32N2O/c1-3-6-15(7-4-2)17(20)19(12-14-9-10-14)13-16-8-5-11-18-16/h14-16,18H,3-13H2,1-2H3. The van der Waals surface area contributed by atoms with Gasteiger partial charge in [-0.2, -0.15) is 0 Å². The Morgan fingerprint density at radius 2 is 1.85 bits per heavy atom. The number of nitrogens with one attached hydrogen (secondary N) is 1. The van der Waals surface area contributed by atoms with Crippen LogP contribution in [0.15, 0.2) is 0 Å². The van der Waals surface area contributed by atoms with Crippen LogP contribution in [0.3, 0.4) is 0 Å². The molecule has 0 radical (unpaired) electrons. The summed E-state index contributed by atoms with van der Waals surface area (Å²) >= 11 is 0. The molecule has 0 aromatic carbocycles. The van der Waals surface area contributed by atoms with Gasteiger partial charge in [0.2, 0.25) is 5.91 Å². The molecule has 2 aliphatic rings. The zero-order chi connectivity index (χ0) is 14.4. The lowest BCUT2D eigenvalue weighted by atomic mass is 9.96. The Balaban J connectivity index is 1.92. The van der Waals surface area contributed by atoms with E-state index in [1.54, 1.807) is 0 Å². The molecule has 1 heterocycles. The SMILES string of the molecule is CCCC(CCC)C(=O)N(CC1CC1)CC1CCCN1. The van der Waals surface area contributed by atoms with E-state index in [0.717, 1.165) is 51.2 Å². The number of rotatable bonds is 9. The highest BCUT2D eigenvalue weighted by Gasteiger charge is 2.31. The van der Waals surface area contributed by atoms with Gasteiger partial charge in [0.05, 0.1) is 0 Å². The van der Waals surface area contributed by atoms with Crippen LogP contribution in [-0.4, -0.2) is 36.5 Å². The molecule has 1 saturated heterocycles. The highest BCUT2D eigenvalue weighted by molar-refractivity contribution is 5.79. The second-order valence-electron chi connectivity index (χ2n) is 6.75. The molecular formula is C17H32N2O. The molecule has 0 spiro atoms. The van der Waals surface area contributed by atoms with Gasteiger partial charge in [0, 0.05) is 25.0 Å². The molecule has 2 rings (SSSR count). The van der Waals surface area contributed by atoms with Gasteiger partial charge >= 0.3 is 0 Å². The van der Waals surface area contributed by atoms with Gasteiger partial charge in [0.25, 0.3) is 0 Å². The molecule has 1 aliphatic carbocycles. The summed E-state index contributed by atoms with van der Waals surface area (Å²) in [4.78, 5) is 15.1. The van der Waals surface area contributed by atoms with E-state index in [1.165, 1.54) is 25.7 Å². The Bertz CT molecular complexity index is 289. The molecule has 116 valence electrons. The number of hydrogen-bond donors (Lipinski definition) is 1. The predicted molar refractivity (Wildman–Crippen MR) is 83.6 cm³/mol. The normalized spacial score (nSPS) is 22.4. The molecule has 1 atom stereocenters. The van der Waals surface area contributed by atoms with Gasteiger partial charge < -0.3 is 10.2 Å². The molecule has 1 saturated carbocycles. The van der Waals surface area contributed by atoms with Crippen molar-refractivity contribution >= 4 is 5.91 Å². The summed E-state index contributed by atoms with van der Waals surface area (Å²) < 4.78 is 0. The van der Waals surface area contributed by atoms with E-state index in [-0.39, 0.29) is 5.92 Å². The Kier molecular flexibility index (Phi) is 6.34. The van der Waals surface area contributed by atoms with Crippen LogP contribution in [0.25, 0.3) is 0 Å². The van der Waals surface area contributed by atoms with Gasteiger partial charge in [-0.05, 0) is 51.0 Å². The third kappa shape index (κ3) is 4.76. The van der Waals surface area contributed by atoms with E-state index in [2.05, 4.69) is 24.1 Å². The first-order valence-corrected chi connectivity index (χ1v) is 8.76. The third-order valence-corrected chi connectivity index (χ3v) is 4.71. The fraction of sp³-hybridized carbons (Fsp3) is 0.941. The Morgan fingerprint density at radius 1 is 1.15 bits per heavy atom. The summed E-state index contributed by atoms with van der Waals surface area (Å²) in [6, 6.07) is 0.543. The number of nitrogens with zero attached hydrogens (tertiary/aromatic N) is 1. The maximum Gasteiger partial charge on any atom is 0.225 e. The minimum absolute atomic E-state index is 0.269.